The summed E-state index contributed by atoms with van der Waals surface area (Å²) in [6.45, 7) is 7.12. The number of nitrogens with zero attached hydrogens (tertiary/aromatic N) is 5. The van der Waals surface area contributed by atoms with E-state index in [1.54, 1.807) is 35.5 Å². The highest BCUT2D eigenvalue weighted by Crippen LogP contribution is 2.26. The van der Waals surface area contributed by atoms with Crippen LogP contribution in [-0.4, -0.2) is 63.3 Å². The van der Waals surface area contributed by atoms with E-state index in [1.807, 2.05) is 24.4 Å². The Bertz CT molecular complexity index is 1030. The summed E-state index contributed by atoms with van der Waals surface area (Å²) in [4.78, 5) is 25.6. The third-order valence-corrected chi connectivity index (χ3v) is 6.58. The van der Waals surface area contributed by atoms with Gasteiger partial charge in [-0.1, -0.05) is 13.0 Å². The average Bonchev–Trinajstić information content (AvgIpc) is 3.53. The molecule has 31 heavy (non-hydrogen) atoms. The molecule has 3 aromatic rings. The van der Waals surface area contributed by atoms with E-state index in [0.29, 0.717) is 29.8 Å². The van der Waals surface area contributed by atoms with Crippen molar-refractivity contribution in [3.63, 3.8) is 0 Å². The highest BCUT2D eigenvalue weighted by Gasteiger charge is 2.25. The highest BCUT2D eigenvalue weighted by atomic mass is 32.1. The van der Waals surface area contributed by atoms with E-state index in [2.05, 4.69) is 27.2 Å². The van der Waals surface area contributed by atoms with Crippen molar-refractivity contribution < 1.29 is 9.53 Å². The Morgan fingerprint density at radius 3 is 3.00 bits per heavy atom. The Kier molecular flexibility index (Phi) is 6.74. The summed E-state index contributed by atoms with van der Waals surface area (Å²) in [5.74, 6) is 0.278. The standard InChI is InChI=1S/C22H28N6O2S/c1-4-27-9-5-7-16(27)12-23-21(29)17-13-25-28(18(17)14-30-3)22-24-11-15(2)20(26-22)19-8-6-10-31-19/h6,8,10-11,13,16H,4-5,7,9,12,14H2,1-3H3,(H,23,29). The molecule has 1 unspecified atom stereocenters. The number of likely N-dealkylation sites (tertiary alicyclic amines) is 1. The molecule has 1 atom stereocenters. The fourth-order valence-corrected chi connectivity index (χ4v) is 4.84. The van der Waals surface area contributed by atoms with Crippen LogP contribution in [-0.2, 0) is 11.3 Å². The van der Waals surface area contributed by atoms with Gasteiger partial charge in [-0.15, -0.1) is 11.3 Å². The third-order valence-electron chi connectivity index (χ3n) is 5.70. The van der Waals surface area contributed by atoms with Crippen molar-refractivity contribution >= 4 is 17.2 Å². The first-order chi connectivity index (χ1) is 15.1. The number of thiophene rings is 1. The van der Waals surface area contributed by atoms with E-state index in [4.69, 9.17) is 9.72 Å². The Morgan fingerprint density at radius 1 is 1.39 bits per heavy atom. The van der Waals surface area contributed by atoms with Crippen molar-refractivity contribution in [2.24, 2.45) is 0 Å². The number of hydrogen-bond donors (Lipinski definition) is 1. The molecule has 0 spiro atoms. The van der Waals surface area contributed by atoms with Crippen LogP contribution in [0.1, 0.15) is 41.4 Å². The predicted octanol–water partition coefficient (Wildman–Crippen LogP) is 3.06. The number of nitrogens with one attached hydrogen (secondary N) is 1. The summed E-state index contributed by atoms with van der Waals surface area (Å²) in [7, 11) is 1.60. The molecule has 1 saturated heterocycles. The van der Waals surface area contributed by atoms with Crippen molar-refractivity contribution in [2.75, 3.05) is 26.7 Å². The molecule has 164 valence electrons. The normalized spacial score (nSPS) is 16.7. The topological polar surface area (TPSA) is 85.2 Å². The minimum Gasteiger partial charge on any atom is -0.378 e. The zero-order valence-electron chi connectivity index (χ0n) is 18.2. The summed E-state index contributed by atoms with van der Waals surface area (Å²) >= 11 is 1.63. The summed E-state index contributed by atoms with van der Waals surface area (Å²) < 4.78 is 6.98. The SMILES string of the molecule is CCN1CCCC1CNC(=O)c1cnn(-c2ncc(C)c(-c3cccs3)n2)c1COC. The number of ether oxygens (including phenoxy) is 1. The van der Waals surface area contributed by atoms with Crippen LogP contribution in [0.2, 0.25) is 0 Å². The molecule has 1 amide bonds. The van der Waals surface area contributed by atoms with Crippen LogP contribution in [0, 0.1) is 6.92 Å². The van der Waals surface area contributed by atoms with Gasteiger partial charge in [0, 0.05) is 25.9 Å². The number of aromatic nitrogens is 4. The molecule has 0 bridgehead atoms. The van der Waals surface area contributed by atoms with Gasteiger partial charge in [0.1, 0.15) is 0 Å². The van der Waals surface area contributed by atoms with Gasteiger partial charge in [0.2, 0.25) is 0 Å². The quantitative estimate of drug-likeness (QED) is 0.580. The van der Waals surface area contributed by atoms with Crippen LogP contribution in [0.5, 0.6) is 0 Å². The number of likely N-dealkylation sites (N-methyl/N-ethyl adjacent to an activating group) is 1. The van der Waals surface area contributed by atoms with E-state index in [-0.39, 0.29) is 12.5 Å². The predicted molar refractivity (Wildman–Crippen MR) is 121 cm³/mol. The monoisotopic (exact) mass is 440 g/mol. The minimum absolute atomic E-state index is 0.146. The molecule has 1 aliphatic heterocycles. The van der Waals surface area contributed by atoms with E-state index < -0.39 is 0 Å². The van der Waals surface area contributed by atoms with E-state index in [1.165, 1.54) is 6.42 Å². The van der Waals surface area contributed by atoms with Crippen LogP contribution >= 0.6 is 11.3 Å². The van der Waals surface area contributed by atoms with Crippen molar-refractivity contribution in [1.29, 1.82) is 0 Å². The molecule has 1 aliphatic rings. The molecule has 0 aromatic carbocycles. The molecule has 4 rings (SSSR count). The van der Waals surface area contributed by atoms with Crippen molar-refractivity contribution in [1.82, 2.24) is 30.0 Å². The molecule has 4 heterocycles. The molecular weight excluding hydrogens is 412 g/mol. The first kappa shape index (κ1) is 21.6. The van der Waals surface area contributed by atoms with E-state index in [9.17, 15) is 4.79 Å². The van der Waals surface area contributed by atoms with Crippen LogP contribution in [0.4, 0.5) is 0 Å². The van der Waals surface area contributed by atoms with Crippen LogP contribution < -0.4 is 5.32 Å². The summed E-state index contributed by atoms with van der Waals surface area (Å²) in [5, 5.41) is 9.54. The van der Waals surface area contributed by atoms with Crippen LogP contribution in [0.25, 0.3) is 16.5 Å². The van der Waals surface area contributed by atoms with E-state index >= 15 is 0 Å². The molecule has 0 aliphatic carbocycles. The number of methoxy groups -OCH3 is 1. The first-order valence-electron chi connectivity index (χ1n) is 10.6. The van der Waals surface area contributed by atoms with Crippen molar-refractivity contribution in [3.05, 3.63) is 46.7 Å². The summed E-state index contributed by atoms with van der Waals surface area (Å²) in [5.41, 5.74) is 2.98. The third kappa shape index (κ3) is 4.53. The second kappa shape index (κ2) is 9.67. The maximum atomic E-state index is 13.0. The Balaban J connectivity index is 1.59. The first-order valence-corrected chi connectivity index (χ1v) is 11.5. The lowest BCUT2D eigenvalue weighted by Gasteiger charge is -2.22. The highest BCUT2D eigenvalue weighted by molar-refractivity contribution is 7.13. The van der Waals surface area contributed by atoms with Gasteiger partial charge in [-0.3, -0.25) is 9.69 Å². The zero-order chi connectivity index (χ0) is 21.8. The molecule has 0 radical (unpaired) electrons. The Hall–Kier alpha value is -2.62. The Labute approximate surface area is 186 Å². The van der Waals surface area contributed by atoms with Gasteiger partial charge in [0.25, 0.3) is 11.9 Å². The molecular formula is C22H28N6O2S. The van der Waals surface area contributed by atoms with Crippen LogP contribution in [0.15, 0.2) is 29.9 Å². The van der Waals surface area contributed by atoms with Gasteiger partial charge in [-0.2, -0.15) is 9.78 Å². The number of hydrogen-bond acceptors (Lipinski definition) is 7. The number of carbonyl (C=O) groups is 1. The lowest BCUT2D eigenvalue weighted by molar-refractivity contribution is 0.0936. The second-order valence-electron chi connectivity index (χ2n) is 7.66. The van der Waals surface area contributed by atoms with Gasteiger partial charge in [0.05, 0.1) is 34.6 Å². The molecule has 1 fully saturated rings. The summed E-state index contributed by atoms with van der Waals surface area (Å²) in [6.07, 6.45) is 5.65. The van der Waals surface area contributed by atoms with Gasteiger partial charge in [-0.25, -0.2) is 9.97 Å². The van der Waals surface area contributed by atoms with Crippen molar-refractivity contribution in [3.8, 4) is 16.5 Å². The molecule has 0 saturated carbocycles. The average molecular weight is 441 g/mol. The lowest BCUT2D eigenvalue weighted by atomic mass is 10.2. The second-order valence-corrected chi connectivity index (χ2v) is 8.61. The Morgan fingerprint density at radius 2 is 2.26 bits per heavy atom. The largest absolute Gasteiger partial charge is 0.378 e. The van der Waals surface area contributed by atoms with Crippen molar-refractivity contribution in [2.45, 2.75) is 39.3 Å². The van der Waals surface area contributed by atoms with Gasteiger partial charge in [0.15, 0.2) is 0 Å². The van der Waals surface area contributed by atoms with Crippen LogP contribution in [0.3, 0.4) is 0 Å². The minimum atomic E-state index is -0.146. The lowest BCUT2D eigenvalue weighted by Crippen LogP contribution is -2.40. The smallest absolute Gasteiger partial charge is 0.254 e. The van der Waals surface area contributed by atoms with Gasteiger partial charge in [-0.05, 0) is 49.9 Å². The molecule has 3 aromatic heterocycles. The molecule has 9 heteroatoms. The zero-order valence-corrected chi connectivity index (χ0v) is 19.0. The number of amides is 1. The fourth-order valence-electron chi connectivity index (χ4n) is 4.06. The molecule has 8 nitrogen and oxygen atoms in total. The number of carbonyl (C=O) groups excluding carboxylic acids is 1. The van der Waals surface area contributed by atoms with Gasteiger partial charge < -0.3 is 10.1 Å². The number of aryl methyl sites for hydroxylation is 1. The van der Waals surface area contributed by atoms with E-state index in [0.717, 1.165) is 35.6 Å². The maximum Gasteiger partial charge on any atom is 0.254 e. The fraction of sp³-hybridized carbons (Fsp3) is 0.455. The maximum absolute atomic E-state index is 13.0. The number of rotatable bonds is 8. The van der Waals surface area contributed by atoms with Gasteiger partial charge >= 0.3 is 0 Å². The molecule has 1 N–H and O–H groups in total. The summed E-state index contributed by atoms with van der Waals surface area (Å²) in [6, 6.07) is 4.42.